The van der Waals surface area contributed by atoms with Gasteiger partial charge in [-0.2, -0.15) is 0 Å². The quantitative estimate of drug-likeness (QED) is 0.114. The van der Waals surface area contributed by atoms with Gasteiger partial charge in [-0.25, -0.2) is 14.8 Å². The van der Waals surface area contributed by atoms with E-state index in [1.54, 1.807) is 0 Å². The van der Waals surface area contributed by atoms with Crippen LogP contribution in [0.15, 0.2) is 41.0 Å². The molecule has 1 aromatic carbocycles. The van der Waals surface area contributed by atoms with Gasteiger partial charge in [-0.15, -0.1) is 0 Å². The van der Waals surface area contributed by atoms with E-state index in [1.165, 1.54) is 7.11 Å². The molecule has 0 unspecified atom stereocenters. The summed E-state index contributed by atoms with van der Waals surface area (Å²) in [5.41, 5.74) is 4.15. The Labute approximate surface area is 208 Å². The van der Waals surface area contributed by atoms with Crippen LogP contribution in [0.1, 0.15) is 29.2 Å². The van der Waals surface area contributed by atoms with Crippen LogP contribution in [-0.2, 0) is 16.2 Å². The topological polar surface area (TPSA) is 71.2 Å². The number of ether oxygens (including phenoxy) is 2. The predicted octanol–water partition coefficient (Wildman–Crippen LogP) is 6.25. The van der Waals surface area contributed by atoms with Crippen molar-refractivity contribution in [2.24, 2.45) is 0 Å². The normalized spacial score (nSPS) is 14.3. The molecule has 178 valence electrons. The van der Waals surface area contributed by atoms with Gasteiger partial charge in [-0.1, -0.05) is 19.6 Å². The fourth-order valence-electron chi connectivity index (χ4n) is 4.18. The standard InChI is InChI=1S/C25H29BrN4O3Si/c1-32-25(31)17-5-9-20-19(13-17)27-24(30(20)18-7-8-18)21-14-16-6-10-22(26)28-23(16)29(21)15-33-11-12-34(2,3)4/h5-6,9-10,13-14,18H,7-8,11-12,15H2,1-4H3. The highest BCUT2D eigenvalue weighted by Crippen LogP contribution is 2.42. The molecule has 34 heavy (non-hydrogen) atoms. The highest BCUT2D eigenvalue weighted by molar-refractivity contribution is 9.10. The molecule has 0 bridgehead atoms. The molecule has 0 saturated heterocycles. The van der Waals surface area contributed by atoms with E-state index in [2.05, 4.69) is 56.8 Å². The zero-order valence-corrected chi connectivity index (χ0v) is 22.6. The molecule has 3 aromatic heterocycles. The fraction of sp³-hybridized carbons (Fsp3) is 0.400. The summed E-state index contributed by atoms with van der Waals surface area (Å²) in [6.07, 6.45) is 2.24. The third-order valence-corrected chi connectivity index (χ3v) is 8.32. The van der Waals surface area contributed by atoms with Gasteiger partial charge in [0, 0.05) is 26.1 Å². The van der Waals surface area contributed by atoms with Crippen molar-refractivity contribution in [1.82, 2.24) is 19.1 Å². The number of imidazole rings is 1. The third-order valence-electron chi connectivity index (χ3n) is 6.18. The van der Waals surface area contributed by atoms with Gasteiger partial charge in [0.1, 0.15) is 17.0 Å². The molecule has 1 aliphatic rings. The van der Waals surface area contributed by atoms with Gasteiger partial charge in [-0.05, 0) is 71.2 Å². The van der Waals surface area contributed by atoms with Gasteiger partial charge in [-0.3, -0.25) is 4.57 Å². The number of pyridine rings is 1. The van der Waals surface area contributed by atoms with E-state index in [1.807, 2.05) is 24.3 Å². The lowest BCUT2D eigenvalue weighted by Gasteiger charge is -2.17. The number of hydrogen-bond donors (Lipinski definition) is 0. The number of nitrogens with zero attached hydrogens (tertiary/aromatic N) is 4. The number of carbonyl (C=O) groups excluding carboxylic acids is 1. The average Bonchev–Trinajstić information content (AvgIpc) is 3.47. The van der Waals surface area contributed by atoms with Gasteiger partial charge >= 0.3 is 5.97 Å². The van der Waals surface area contributed by atoms with Gasteiger partial charge in [0.15, 0.2) is 5.82 Å². The van der Waals surface area contributed by atoms with Crippen LogP contribution in [0.5, 0.6) is 0 Å². The van der Waals surface area contributed by atoms with Crippen molar-refractivity contribution < 1.29 is 14.3 Å². The number of aromatic nitrogens is 4. The molecule has 7 nitrogen and oxygen atoms in total. The van der Waals surface area contributed by atoms with Gasteiger partial charge in [0.2, 0.25) is 0 Å². The average molecular weight is 542 g/mol. The molecular formula is C25H29BrN4O3Si. The maximum Gasteiger partial charge on any atom is 0.337 e. The molecule has 5 rings (SSSR count). The van der Waals surface area contributed by atoms with Crippen molar-refractivity contribution in [3.05, 3.63) is 46.6 Å². The molecule has 0 atom stereocenters. The Morgan fingerprint density at radius 1 is 1.15 bits per heavy atom. The Balaban J connectivity index is 1.62. The Morgan fingerprint density at radius 2 is 1.94 bits per heavy atom. The van der Waals surface area contributed by atoms with Crippen LogP contribution < -0.4 is 0 Å². The Bertz CT molecular complexity index is 1380. The van der Waals surface area contributed by atoms with E-state index >= 15 is 0 Å². The van der Waals surface area contributed by atoms with Crippen LogP contribution in [0.2, 0.25) is 25.7 Å². The number of halogens is 1. The summed E-state index contributed by atoms with van der Waals surface area (Å²) >= 11 is 3.52. The van der Waals surface area contributed by atoms with Crippen LogP contribution in [0.3, 0.4) is 0 Å². The zero-order valence-electron chi connectivity index (χ0n) is 20.0. The monoisotopic (exact) mass is 540 g/mol. The van der Waals surface area contributed by atoms with E-state index in [-0.39, 0.29) is 5.97 Å². The number of rotatable bonds is 8. The van der Waals surface area contributed by atoms with Crippen molar-refractivity contribution in [3.8, 4) is 11.5 Å². The molecule has 0 N–H and O–H groups in total. The summed E-state index contributed by atoms with van der Waals surface area (Å²) in [6.45, 7) is 8.20. The maximum atomic E-state index is 12.1. The van der Waals surface area contributed by atoms with Gasteiger partial charge in [0.05, 0.1) is 29.4 Å². The fourth-order valence-corrected chi connectivity index (χ4v) is 5.24. The second kappa shape index (κ2) is 8.94. The summed E-state index contributed by atoms with van der Waals surface area (Å²) < 4.78 is 16.3. The lowest BCUT2D eigenvalue weighted by molar-refractivity contribution is 0.0601. The first-order chi connectivity index (χ1) is 16.2. The summed E-state index contributed by atoms with van der Waals surface area (Å²) in [5.74, 6) is 0.519. The summed E-state index contributed by atoms with van der Waals surface area (Å²) in [5, 5.41) is 1.04. The number of fused-ring (bicyclic) bond motifs is 2. The first-order valence-electron chi connectivity index (χ1n) is 11.6. The minimum absolute atomic E-state index is 0.358. The molecule has 1 saturated carbocycles. The minimum atomic E-state index is -1.19. The van der Waals surface area contributed by atoms with E-state index in [9.17, 15) is 4.79 Å². The number of hydrogen-bond acceptors (Lipinski definition) is 5. The van der Waals surface area contributed by atoms with E-state index in [0.717, 1.165) is 63.7 Å². The summed E-state index contributed by atoms with van der Waals surface area (Å²) in [6, 6.07) is 13.3. The number of methoxy groups -OCH3 is 1. The first kappa shape index (κ1) is 23.3. The second-order valence-electron chi connectivity index (χ2n) is 10.1. The minimum Gasteiger partial charge on any atom is -0.465 e. The molecule has 3 heterocycles. The van der Waals surface area contributed by atoms with Gasteiger partial charge in [0.25, 0.3) is 0 Å². The smallest absolute Gasteiger partial charge is 0.337 e. The zero-order chi connectivity index (χ0) is 24.0. The maximum absolute atomic E-state index is 12.1. The molecular weight excluding hydrogens is 512 g/mol. The van der Waals surface area contributed by atoms with Crippen LogP contribution in [0.25, 0.3) is 33.6 Å². The summed E-state index contributed by atoms with van der Waals surface area (Å²) in [7, 11) is 0.208. The highest BCUT2D eigenvalue weighted by atomic mass is 79.9. The Kier molecular flexibility index (Phi) is 6.12. The van der Waals surface area contributed by atoms with Crippen LogP contribution >= 0.6 is 15.9 Å². The van der Waals surface area contributed by atoms with Crippen molar-refractivity contribution in [3.63, 3.8) is 0 Å². The predicted molar refractivity (Wildman–Crippen MR) is 140 cm³/mol. The molecule has 0 amide bonds. The second-order valence-corrected chi connectivity index (χ2v) is 16.5. The lowest BCUT2D eigenvalue weighted by atomic mass is 10.2. The lowest BCUT2D eigenvalue weighted by Crippen LogP contribution is -2.22. The number of carbonyl (C=O) groups is 1. The summed E-state index contributed by atoms with van der Waals surface area (Å²) in [4.78, 5) is 21.9. The van der Waals surface area contributed by atoms with Gasteiger partial charge < -0.3 is 14.0 Å². The Morgan fingerprint density at radius 3 is 2.65 bits per heavy atom. The van der Waals surface area contributed by atoms with Crippen LogP contribution in [-0.4, -0.2) is 46.9 Å². The molecule has 1 fully saturated rings. The van der Waals surface area contributed by atoms with Crippen LogP contribution in [0, 0.1) is 0 Å². The molecule has 0 aliphatic heterocycles. The van der Waals surface area contributed by atoms with E-state index in [4.69, 9.17) is 19.4 Å². The molecule has 1 aliphatic carbocycles. The van der Waals surface area contributed by atoms with Crippen molar-refractivity contribution in [2.45, 2.75) is 51.3 Å². The SMILES string of the molecule is COC(=O)c1ccc2c(c1)nc(-c1cc3ccc(Br)nc3n1COCC[Si](C)(C)C)n2C1CC1. The first-order valence-corrected chi connectivity index (χ1v) is 16.1. The largest absolute Gasteiger partial charge is 0.465 e. The van der Waals surface area contributed by atoms with Crippen molar-refractivity contribution in [1.29, 1.82) is 0 Å². The van der Waals surface area contributed by atoms with E-state index in [0.29, 0.717) is 18.3 Å². The number of esters is 1. The molecule has 4 aromatic rings. The van der Waals surface area contributed by atoms with E-state index < -0.39 is 8.07 Å². The van der Waals surface area contributed by atoms with Crippen molar-refractivity contribution in [2.75, 3.05) is 13.7 Å². The third kappa shape index (κ3) is 4.56. The van der Waals surface area contributed by atoms with Crippen molar-refractivity contribution >= 4 is 52.0 Å². The van der Waals surface area contributed by atoms with Crippen LogP contribution in [0.4, 0.5) is 0 Å². The number of benzene rings is 1. The molecule has 9 heteroatoms. The Hall–Kier alpha value is -2.49. The molecule has 0 radical (unpaired) electrons. The highest BCUT2D eigenvalue weighted by Gasteiger charge is 2.30. The molecule has 0 spiro atoms.